The number of nitrogens with one attached hydrogen (secondary N) is 1. The molecule has 2 aromatic carbocycles. The van der Waals surface area contributed by atoms with E-state index in [9.17, 15) is 9.18 Å². The summed E-state index contributed by atoms with van der Waals surface area (Å²) in [5.74, 6) is -0.143. The molecule has 0 fully saturated rings. The molecule has 5 heteroatoms. The molecule has 2 rings (SSSR count). The summed E-state index contributed by atoms with van der Waals surface area (Å²) in [6.07, 6.45) is 0. The summed E-state index contributed by atoms with van der Waals surface area (Å²) in [6.45, 7) is 0. The Morgan fingerprint density at radius 3 is 2.48 bits per heavy atom. The zero-order valence-corrected chi connectivity index (χ0v) is 11.8. The topological polar surface area (TPSA) is 47.6 Å². The van der Waals surface area contributed by atoms with Gasteiger partial charge in [-0.3, -0.25) is 0 Å². The lowest BCUT2D eigenvalue weighted by Crippen LogP contribution is -2.22. The van der Waals surface area contributed by atoms with Crippen LogP contribution in [0.25, 0.3) is 0 Å². The highest BCUT2D eigenvalue weighted by Crippen LogP contribution is 2.24. The second-order valence-corrected chi connectivity index (χ2v) is 4.38. The standard InChI is InChI=1S/C16H16FNO3/c1-20-14-5-3-4-13(10-14)18-15(16(19)21-2)11-6-8-12(17)9-7-11/h3-10,15,18H,1-2H3. The number of hydrogen-bond donors (Lipinski definition) is 1. The summed E-state index contributed by atoms with van der Waals surface area (Å²) in [5, 5.41) is 3.06. The van der Waals surface area contributed by atoms with Gasteiger partial charge >= 0.3 is 5.97 Å². The van der Waals surface area contributed by atoms with Crippen LogP contribution in [0.1, 0.15) is 11.6 Å². The average molecular weight is 289 g/mol. The summed E-state index contributed by atoms with van der Waals surface area (Å²) in [5.41, 5.74) is 1.32. The first-order valence-electron chi connectivity index (χ1n) is 6.38. The first-order valence-corrected chi connectivity index (χ1v) is 6.38. The minimum atomic E-state index is -0.720. The third-order valence-corrected chi connectivity index (χ3v) is 3.02. The van der Waals surface area contributed by atoms with Gasteiger partial charge in [0, 0.05) is 11.8 Å². The number of halogens is 1. The molecule has 0 aliphatic heterocycles. The zero-order valence-electron chi connectivity index (χ0n) is 11.8. The van der Waals surface area contributed by atoms with Crippen molar-refractivity contribution in [3.8, 4) is 5.75 Å². The summed E-state index contributed by atoms with van der Waals surface area (Å²) in [6, 6.07) is 12.2. The third kappa shape index (κ3) is 3.72. The minimum Gasteiger partial charge on any atom is -0.497 e. The largest absolute Gasteiger partial charge is 0.497 e. The van der Waals surface area contributed by atoms with E-state index in [1.54, 1.807) is 37.4 Å². The number of carbonyl (C=O) groups is 1. The third-order valence-electron chi connectivity index (χ3n) is 3.02. The van der Waals surface area contributed by atoms with Crippen molar-refractivity contribution >= 4 is 11.7 Å². The zero-order chi connectivity index (χ0) is 15.2. The molecule has 4 nitrogen and oxygen atoms in total. The van der Waals surface area contributed by atoms with Gasteiger partial charge in [0.25, 0.3) is 0 Å². The maximum absolute atomic E-state index is 13.0. The van der Waals surface area contributed by atoms with Crippen molar-refractivity contribution in [1.29, 1.82) is 0 Å². The van der Waals surface area contributed by atoms with Crippen LogP contribution in [-0.2, 0) is 9.53 Å². The van der Waals surface area contributed by atoms with Crippen LogP contribution in [0, 0.1) is 5.82 Å². The van der Waals surface area contributed by atoms with Gasteiger partial charge < -0.3 is 14.8 Å². The van der Waals surface area contributed by atoms with Crippen molar-refractivity contribution in [2.45, 2.75) is 6.04 Å². The van der Waals surface area contributed by atoms with Crippen molar-refractivity contribution in [1.82, 2.24) is 0 Å². The van der Waals surface area contributed by atoms with E-state index in [1.807, 2.05) is 6.07 Å². The van der Waals surface area contributed by atoms with Gasteiger partial charge in [-0.25, -0.2) is 9.18 Å². The van der Waals surface area contributed by atoms with E-state index in [2.05, 4.69) is 5.32 Å². The smallest absolute Gasteiger partial charge is 0.332 e. The van der Waals surface area contributed by atoms with Gasteiger partial charge in [-0.05, 0) is 29.8 Å². The van der Waals surface area contributed by atoms with E-state index in [0.29, 0.717) is 17.0 Å². The Kier molecular flexibility index (Phi) is 4.77. The highest BCUT2D eigenvalue weighted by molar-refractivity contribution is 5.81. The van der Waals surface area contributed by atoms with Gasteiger partial charge in [0.2, 0.25) is 0 Å². The monoisotopic (exact) mass is 289 g/mol. The minimum absolute atomic E-state index is 0.358. The van der Waals surface area contributed by atoms with Gasteiger partial charge in [-0.15, -0.1) is 0 Å². The summed E-state index contributed by atoms with van der Waals surface area (Å²) in [4.78, 5) is 11.9. The molecule has 0 aliphatic rings. The lowest BCUT2D eigenvalue weighted by molar-refractivity contribution is -0.141. The Morgan fingerprint density at radius 1 is 1.14 bits per heavy atom. The Balaban J connectivity index is 2.28. The van der Waals surface area contributed by atoms with Crippen LogP contribution in [0.15, 0.2) is 48.5 Å². The molecule has 0 spiro atoms. The van der Waals surface area contributed by atoms with Crippen LogP contribution in [-0.4, -0.2) is 20.2 Å². The van der Waals surface area contributed by atoms with Gasteiger partial charge in [0.15, 0.2) is 6.04 Å². The molecule has 0 aromatic heterocycles. The quantitative estimate of drug-likeness (QED) is 0.859. The molecule has 1 N–H and O–H groups in total. The van der Waals surface area contributed by atoms with Crippen molar-refractivity contribution < 1.29 is 18.7 Å². The fourth-order valence-electron chi connectivity index (χ4n) is 1.93. The number of benzene rings is 2. The normalized spacial score (nSPS) is 11.6. The molecular weight excluding hydrogens is 273 g/mol. The number of ether oxygens (including phenoxy) is 2. The number of hydrogen-bond acceptors (Lipinski definition) is 4. The van der Waals surface area contributed by atoms with Crippen LogP contribution < -0.4 is 10.1 Å². The van der Waals surface area contributed by atoms with Crippen LogP contribution in [0.3, 0.4) is 0 Å². The first-order chi connectivity index (χ1) is 10.1. The van der Waals surface area contributed by atoms with E-state index in [1.165, 1.54) is 19.2 Å². The molecule has 0 radical (unpaired) electrons. The number of carbonyl (C=O) groups excluding carboxylic acids is 1. The highest BCUT2D eigenvalue weighted by Gasteiger charge is 2.21. The van der Waals surface area contributed by atoms with E-state index in [4.69, 9.17) is 9.47 Å². The Labute approximate surface area is 122 Å². The number of methoxy groups -OCH3 is 2. The van der Waals surface area contributed by atoms with Crippen LogP contribution in [0.2, 0.25) is 0 Å². The van der Waals surface area contributed by atoms with E-state index in [0.717, 1.165) is 0 Å². The van der Waals surface area contributed by atoms with E-state index >= 15 is 0 Å². The SMILES string of the molecule is COC(=O)C(Nc1cccc(OC)c1)c1ccc(F)cc1. The molecule has 0 heterocycles. The summed E-state index contributed by atoms with van der Waals surface area (Å²) >= 11 is 0. The summed E-state index contributed by atoms with van der Waals surface area (Å²) in [7, 11) is 2.88. The van der Waals surface area contributed by atoms with Crippen LogP contribution in [0.4, 0.5) is 10.1 Å². The molecule has 2 aromatic rings. The second-order valence-electron chi connectivity index (χ2n) is 4.38. The van der Waals surface area contributed by atoms with Gasteiger partial charge in [-0.1, -0.05) is 18.2 Å². The van der Waals surface area contributed by atoms with Crippen molar-refractivity contribution in [2.24, 2.45) is 0 Å². The number of esters is 1. The van der Waals surface area contributed by atoms with Crippen LogP contribution in [0.5, 0.6) is 5.75 Å². The Morgan fingerprint density at radius 2 is 1.86 bits per heavy atom. The molecule has 110 valence electrons. The maximum atomic E-state index is 13.0. The van der Waals surface area contributed by atoms with E-state index < -0.39 is 12.0 Å². The van der Waals surface area contributed by atoms with Crippen molar-refractivity contribution in [2.75, 3.05) is 19.5 Å². The van der Waals surface area contributed by atoms with Crippen molar-refractivity contribution in [3.05, 3.63) is 59.9 Å². The second kappa shape index (κ2) is 6.74. The molecule has 21 heavy (non-hydrogen) atoms. The molecule has 0 saturated heterocycles. The number of anilines is 1. The number of rotatable bonds is 5. The molecular formula is C16H16FNO3. The summed E-state index contributed by atoms with van der Waals surface area (Å²) < 4.78 is 22.9. The maximum Gasteiger partial charge on any atom is 0.332 e. The molecule has 0 aliphatic carbocycles. The fraction of sp³-hybridized carbons (Fsp3) is 0.188. The van der Waals surface area contributed by atoms with Gasteiger partial charge in [0.1, 0.15) is 11.6 Å². The molecule has 0 amide bonds. The van der Waals surface area contributed by atoms with Gasteiger partial charge in [-0.2, -0.15) is 0 Å². The Hall–Kier alpha value is -2.56. The van der Waals surface area contributed by atoms with Crippen LogP contribution >= 0.6 is 0 Å². The molecule has 1 atom stereocenters. The predicted octanol–water partition coefficient (Wildman–Crippen LogP) is 3.16. The lowest BCUT2D eigenvalue weighted by Gasteiger charge is -2.18. The predicted molar refractivity (Wildman–Crippen MR) is 77.8 cm³/mol. The molecule has 0 bridgehead atoms. The van der Waals surface area contributed by atoms with Gasteiger partial charge in [0.05, 0.1) is 14.2 Å². The molecule has 1 unspecified atom stereocenters. The highest BCUT2D eigenvalue weighted by atomic mass is 19.1. The molecule has 0 saturated carbocycles. The van der Waals surface area contributed by atoms with E-state index in [-0.39, 0.29) is 5.82 Å². The van der Waals surface area contributed by atoms with Crippen molar-refractivity contribution in [3.63, 3.8) is 0 Å². The fourth-order valence-corrected chi connectivity index (χ4v) is 1.93. The first kappa shape index (κ1) is 14.8. The average Bonchev–Trinajstić information content (AvgIpc) is 2.53. The lowest BCUT2D eigenvalue weighted by atomic mass is 10.1. The Bertz CT molecular complexity index is 613.